The summed E-state index contributed by atoms with van der Waals surface area (Å²) in [5, 5.41) is 2.60. The van der Waals surface area contributed by atoms with Crippen LogP contribution in [0.5, 0.6) is 0 Å². The van der Waals surface area contributed by atoms with Gasteiger partial charge in [0.05, 0.1) is 0 Å². The van der Waals surface area contributed by atoms with E-state index in [2.05, 4.69) is 5.32 Å². The van der Waals surface area contributed by atoms with E-state index in [1.54, 1.807) is 51.3 Å². The monoisotopic (exact) mass is 255 g/mol. The number of carbonyl (C=O) groups is 1. The van der Waals surface area contributed by atoms with Crippen LogP contribution in [0, 0.1) is 0 Å². The Morgan fingerprint density at radius 1 is 1.35 bits per heavy atom. The van der Waals surface area contributed by atoms with Crippen molar-refractivity contribution < 1.29 is 13.7 Å². The molecule has 1 aromatic rings. The number of rotatable bonds is 2. The number of ether oxygens (including phenoxy) is 1. The molecule has 0 saturated heterocycles. The molecule has 0 spiro atoms. The molecule has 0 aliphatic rings. The van der Waals surface area contributed by atoms with Crippen molar-refractivity contribution in [1.29, 1.82) is 0 Å². The number of anilines is 1. The SMILES string of the molecule is C[S@@](=O)c1cccc(NC(=O)OC(C)(C)C)c1. The Balaban J connectivity index is 2.72. The van der Waals surface area contributed by atoms with Crippen LogP contribution in [0.1, 0.15) is 20.8 Å². The average Bonchev–Trinajstić information content (AvgIpc) is 2.14. The number of amides is 1. The van der Waals surface area contributed by atoms with Gasteiger partial charge in [0.15, 0.2) is 0 Å². The van der Waals surface area contributed by atoms with Gasteiger partial charge in [-0.3, -0.25) is 9.53 Å². The van der Waals surface area contributed by atoms with Gasteiger partial charge in [-0.2, -0.15) is 0 Å². The van der Waals surface area contributed by atoms with Gasteiger partial charge in [-0.15, -0.1) is 0 Å². The summed E-state index contributed by atoms with van der Waals surface area (Å²) in [6, 6.07) is 6.88. The third kappa shape index (κ3) is 4.99. The minimum atomic E-state index is -1.07. The highest BCUT2D eigenvalue weighted by molar-refractivity contribution is 7.84. The summed E-state index contributed by atoms with van der Waals surface area (Å²) in [6.07, 6.45) is 1.07. The molecule has 94 valence electrons. The van der Waals surface area contributed by atoms with E-state index >= 15 is 0 Å². The third-order valence-corrected chi connectivity index (χ3v) is 2.73. The first-order chi connectivity index (χ1) is 7.78. The second-order valence-electron chi connectivity index (χ2n) is 4.61. The molecular weight excluding hydrogens is 238 g/mol. The predicted octanol–water partition coefficient (Wildman–Crippen LogP) is 2.77. The highest BCUT2D eigenvalue weighted by Crippen LogP contribution is 2.15. The molecule has 1 N–H and O–H groups in total. The Kier molecular flexibility index (Phi) is 4.28. The molecule has 1 amide bonds. The van der Waals surface area contributed by atoms with E-state index in [0.717, 1.165) is 0 Å². The van der Waals surface area contributed by atoms with Gasteiger partial charge < -0.3 is 4.74 Å². The zero-order valence-electron chi connectivity index (χ0n) is 10.4. The zero-order chi connectivity index (χ0) is 13.1. The summed E-state index contributed by atoms with van der Waals surface area (Å²) in [5.74, 6) is 0. The van der Waals surface area contributed by atoms with E-state index in [1.165, 1.54) is 0 Å². The molecule has 4 nitrogen and oxygen atoms in total. The first-order valence-corrected chi connectivity index (χ1v) is 6.77. The topological polar surface area (TPSA) is 55.4 Å². The Bertz CT molecular complexity index is 438. The van der Waals surface area contributed by atoms with E-state index < -0.39 is 22.5 Å². The van der Waals surface area contributed by atoms with Crippen LogP contribution in [0.3, 0.4) is 0 Å². The number of hydrogen-bond acceptors (Lipinski definition) is 3. The number of benzene rings is 1. The minimum Gasteiger partial charge on any atom is -0.444 e. The van der Waals surface area contributed by atoms with Gasteiger partial charge >= 0.3 is 6.09 Å². The predicted molar refractivity (Wildman–Crippen MR) is 68.6 cm³/mol. The van der Waals surface area contributed by atoms with Crippen molar-refractivity contribution in [3.05, 3.63) is 24.3 Å². The normalized spacial score (nSPS) is 12.9. The third-order valence-electron chi connectivity index (χ3n) is 1.81. The van der Waals surface area contributed by atoms with Crippen LogP contribution >= 0.6 is 0 Å². The van der Waals surface area contributed by atoms with E-state index in [4.69, 9.17) is 4.74 Å². The Hall–Kier alpha value is -1.36. The molecule has 1 rings (SSSR count). The van der Waals surface area contributed by atoms with E-state index in [-0.39, 0.29) is 0 Å². The number of hydrogen-bond donors (Lipinski definition) is 1. The summed E-state index contributed by atoms with van der Waals surface area (Å²) in [7, 11) is -1.07. The van der Waals surface area contributed by atoms with Gasteiger partial charge in [0.2, 0.25) is 0 Å². The molecule has 1 aromatic carbocycles. The maximum atomic E-state index is 11.5. The van der Waals surface area contributed by atoms with Gasteiger partial charge in [-0.1, -0.05) is 6.07 Å². The highest BCUT2D eigenvalue weighted by Gasteiger charge is 2.16. The smallest absolute Gasteiger partial charge is 0.412 e. The fourth-order valence-corrected chi connectivity index (χ4v) is 1.74. The van der Waals surface area contributed by atoms with Crippen LogP contribution in [-0.4, -0.2) is 22.2 Å². The number of nitrogens with one attached hydrogen (secondary N) is 1. The van der Waals surface area contributed by atoms with Crippen LogP contribution in [0.2, 0.25) is 0 Å². The van der Waals surface area contributed by atoms with Crippen LogP contribution in [0.15, 0.2) is 29.2 Å². The maximum absolute atomic E-state index is 11.5. The molecule has 0 fully saturated rings. The first kappa shape index (κ1) is 13.7. The van der Waals surface area contributed by atoms with Crippen molar-refractivity contribution in [2.45, 2.75) is 31.3 Å². The van der Waals surface area contributed by atoms with Gasteiger partial charge in [0.25, 0.3) is 0 Å². The highest BCUT2D eigenvalue weighted by atomic mass is 32.2. The van der Waals surface area contributed by atoms with Gasteiger partial charge in [-0.05, 0) is 39.0 Å². The van der Waals surface area contributed by atoms with Gasteiger partial charge in [0, 0.05) is 27.6 Å². The molecule has 0 heterocycles. The van der Waals surface area contributed by atoms with E-state index in [0.29, 0.717) is 10.6 Å². The second kappa shape index (κ2) is 5.31. The largest absolute Gasteiger partial charge is 0.444 e. The lowest BCUT2D eigenvalue weighted by molar-refractivity contribution is 0.0636. The summed E-state index contributed by atoms with van der Waals surface area (Å²) < 4.78 is 16.4. The van der Waals surface area contributed by atoms with Gasteiger partial charge in [-0.25, -0.2) is 4.79 Å². The van der Waals surface area contributed by atoms with Crippen LogP contribution in [0.25, 0.3) is 0 Å². The van der Waals surface area contributed by atoms with Crippen molar-refractivity contribution in [1.82, 2.24) is 0 Å². The Labute approximate surface area is 104 Å². The average molecular weight is 255 g/mol. The van der Waals surface area contributed by atoms with Crippen molar-refractivity contribution in [2.75, 3.05) is 11.6 Å². The maximum Gasteiger partial charge on any atom is 0.412 e. The lowest BCUT2D eigenvalue weighted by atomic mass is 10.2. The quantitative estimate of drug-likeness (QED) is 0.884. The van der Waals surface area contributed by atoms with E-state index in [1.807, 2.05) is 0 Å². The van der Waals surface area contributed by atoms with Crippen LogP contribution < -0.4 is 5.32 Å². The van der Waals surface area contributed by atoms with Crippen molar-refractivity contribution in [3.8, 4) is 0 Å². The van der Waals surface area contributed by atoms with Crippen LogP contribution in [0.4, 0.5) is 10.5 Å². The fraction of sp³-hybridized carbons (Fsp3) is 0.417. The summed E-state index contributed by atoms with van der Waals surface area (Å²) in [4.78, 5) is 12.2. The molecule has 17 heavy (non-hydrogen) atoms. The summed E-state index contributed by atoms with van der Waals surface area (Å²) in [5.41, 5.74) is 0.0434. The fourth-order valence-electron chi connectivity index (χ4n) is 1.17. The Morgan fingerprint density at radius 2 is 2.00 bits per heavy atom. The van der Waals surface area contributed by atoms with Crippen LogP contribution in [-0.2, 0) is 15.5 Å². The zero-order valence-corrected chi connectivity index (χ0v) is 11.3. The first-order valence-electron chi connectivity index (χ1n) is 5.21. The second-order valence-corrected chi connectivity index (χ2v) is 5.99. The minimum absolute atomic E-state index is 0.517. The van der Waals surface area contributed by atoms with E-state index in [9.17, 15) is 9.00 Å². The van der Waals surface area contributed by atoms with Crippen molar-refractivity contribution >= 4 is 22.6 Å². The molecule has 1 atom stereocenters. The molecule has 0 radical (unpaired) electrons. The molecule has 0 aliphatic heterocycles. The lowest BCUT2D eigenvalue weighted by Gasteiger charge is -2.19. The molecule has 0 saturated carbocycles. The van der Waals surface area contributed by atoms with Gasteiger partial charge in [0.1, 0.15) is 5.60 Å². The van der Waals surface area contributed by atoms with Crippen molar-refractivity contribution in [3.63, 3.8) is 0 Å². The molecule has 0 unspecified atom stereocenters. The Morgan fingerprint density at radius 3 is 2.53 bits per heavy atom. The molecule has 5 heteroatoms. The lowest BCUT2D eigenvalue weighted by Crippen LogP contribution is -2.27. The van der Waals surface area contributed by atoms with Crippen molar-refractivity contribution in [2.24, 2.45) is 0 Å². The molecule has 0 bridgehead atoms. The summed E-state index contributed by atoms with van der Waals surface area (Å²) >= 11 is 0. The number of carbonyl (C=O) groups excluding carboxylic acids is 1. The molecule has 0 aromatic heterocycles. The molecule has 0 aliphatic carbocycles. The standard InChI is InChI=1S/C12H17NO3S/c1-12(2,3)16-11(14)13-9-6-5-7-10(8-9)17(4)15/h5-8H,1-4H3,(H,13,14)/t17-/m1/s1. The molecular formula is C12H17NO3S. The summed E-state index contributed by atoms with van der Waals surface area (Å²) in [6.45, 7) is 5.39.